The number of rotatable bonds is 5. The van der Waals surface area contributed by atoms with Gasteiger partial charge in [-0.05, 0) is 99.1 Å². The van der Waals surface area contributed by atoms with Crippen LogP contribution in [0.2, 0.25) is 0 Å². The molecule has 1 unspecified atom stereocenters. The summed E-state index contributed by atoms with van der Waals surface area (Å²) in [6.45, 7) is 12.1. The van der Waals surface area contributed by atoms with E-state index in [1.54, 1.807) is 17.8 Å². The number of hydrogen-bond donors (Lipinski definition) is 2. The van der Waals surface area contributed by atoms with Crippen LogP contribution in [0, 0.1) is 18.7 Å². The van der Waals surface area contributed by atoms with Crippen molar-refractivity contribution in [2.24, 2.45) is 11.7 Å². The van der Waals surface area contributed by atoms with Crippen LogP contribution >= 0.6 is 0 Å². The summed E-state index contributed by atoms with van der Waals surface area (Å²) in [7, 11) is 0. The Bertz CT molecular complexity index is 1610. The van der Waals surface area contributed by atoms with Crippen molar-refractivity contribution in [3.8, 4) is 11.4 Å². The molecule has 1 aromatic carbocycles. The number of primary amides is 1. The molecule has 0 radical (unpaired) electrons. The fourth-order valence-corrected chi connectivity index (χ4v) is 6.28. The standard InChI is InChI=1S/C27H27FN2O3.C5H9NO.2C2H6/c1-14-17-7-4-8-18-20-11-30-24(26(20)29-23(25(17)18)10-22(14)28)9-19(15(2)31)21(27(30)32)13-33-12-16-5-3-6-16;6-5(7)4-2-1-3-4;2*1-2/h9-10,12,15,31H,3-8,11,13H2,1-2H3;4H,1-3H2,(H2,6,7);2*1-2H3. The third-order valence-electron chi connectivity index (χ3n) is 9.09. The first-order valence-electron chi connectivity index (χ1n) is 16.4. The highest BCUT2D eigenvalue weighted by Crippen LogP contribution is 2.41. The Hall–Kier alpha value is -3.52. The maximum atomic E-state index is 14.6. The minimum atomic E-state index is -0.812. The van der Waals surface area contributed by atoms with Crippen molar-refractivity contribution in [2.75, 3.05) is 0 Å². The van der Waals surface area contributed by atoms with E-state index in [1.165, 1.54) is 30.0 Å². The minimum absolute atomic E-state index is 0.119. The Morgan fingerprint density at radius 1 is 1.09 bits per heavy atom. The van der Waals surface area contributed by atoms with Crippen LogP contribution in [0.1, 0.15) is 119 Å². The van der Waals surface area contributed by atoms with E-state index in [-0.39, 0.29) is 29.8 Å². The molecule has 3 N–H and O–H groups in total. The topological polar surface area (TPSA) is 107 Å². The minimum Gasteiger partial charge on any atom is -0.496 e. The second-order valence-corrected chi connectivity index (χ2v) is 11.6. The molecule has 2 fully saturated rings. The molecule has 0 saturated heterocycles. The molecule has 7 rings (SSSR count). The van der Waals surface area contributed by atoms with E-state index in [1.807, 2.05) is 40.7 Å². The number of aliphatic hydroxyl groups excluding tert-OH is 1. The number of carbonyl (C=O) groups is 1. The van der Waals surface area contributed by atoms with Crippen LogP contribution < -0.4 is 11.3 Å². The summed E-state index contributed by atoms with van der Waals surface area (Å²) in [6, 6.07) is 3.39. The number of allylic oxidation sites excluding steroid dienone is 1. The van der Waals surface area contributed by atoms with Gasteiger partial charge in [-0.3, -0.25) is 9.59 Å². The maximum absolute atomic E-state index is 14.6. The molecular formula is C36H48FN3O4. The average Bonchev–Trinajstić information content (AvgIpc) is 3.34. The molecule has 8 heteroatoms. The number of pyridine rings is 2. The summed E-state index contributed by atoms with van der Waals surface area (Å²) in [5.74, 6) is -0.128. The van der Waals surface area contributed by atoms with Gasteiger partial charge in [-0.15, -0.1) is 0 Å². The number of ether oxygens (including phenoxy) is 1. The Morgan fingerprint density at radius 3 is 2.30 bits per heavy atom. The molecule has 3 aromatic rings. The molecule has 2 aromatic heterocycles. The number of carbonyl (C=O) groups excluding carboxylic acids is 1. The van der Waals surface area contributed by atoms with Gasteiger partial charge >= 0.3 is 0 Å². The van der Waals surface area contributed by atoms with Gasteiger partial charge in [0.1, 0.15) is 12.4 Å². The number of aromatic nitrogens is 2. The average molecular weight is 606 g/mol. The van der Waals surface area contributed by atoms with E-state index < -0.39 is 6.10 Å². The van der Waals surface area contributed by atoms with E-state index in [0.717, 1.165) is 67.2 Å². The third-order valence-corrected chi connectivity index (χ3v) is 9.09. The first-order valence-corrected chi connectivity index (χ1v) is 16.4. The van der Waals surface area contributed by atoms with Crippen LogP contribution in [0.5, 0.6) is 0 Å². The lowest BCUT2D eigenvalue weighted by Gasteiger charge is -2.21. The third kappa shape index (κ3) is 6.32. The molecule has 44 heavy (non-hydrogen) atoms. The fraction of sp³-hybridized carbons (Fsp3) is 0.528. The van der Waals surface area contributed by atoms with Crippen LogP contribution in [0.15, 0.2) is 28.8 Å². The molecule has 7 nitrogen and oxygen atoms in total. The second-order valence-electron chi connectivity index (χ2n) is 11.6. The monoisotopic (exact) mass is 605 g/mol. The highest BCUT2D eigenvalue weighted by Gasteiger charge is 2.31. The summed E-state index contributed by atoms with van der Waals surface area (Å²) < 4.78 is 22.1. The molecule has 3 aliphatic carbocycles. The number of nitrogens with two attached hydrogens (primary N) is 1. The lowest BCUT2D eigenvalue weighted by molar-refractivity contribution is -0.124. The van der Waals surface area contributed by atoms with Crippen molar-refractivity contribution < 1.29 is 19.0 Å². The smallest absolute Gasteiger partial charge is 0.258 e. The SMILES string of the molecule is CC.CC.Cc1c(F)cc2nc3c(c4c2c1CCC4)Cn1c-3cc(C(C)O)c(COC=C2CCC2)c1=O.NC(=O)C1CCC1. The number of halogens is 1. The van der Waals surface area contributed by atoms with Gasteiger partial charge in [0.15, 0.2) is 0 Å². The van der Waals surface area contributed by atoms with Crippen molar-refractivity contribution in [1.29, 1.82) is 0 Å². The zero-order chi connectivity index (χ0) is 32.1. The van der Waals surface area contributed by atoms with Crippen LogP contribution in [-0.4, -0.2) is 20.6 Å². The lowest BCUT2D eigenvalue weighted by atomic mass is 9.85. The number of amides is 1. The van der Waals surface area contributed by atoms with E-state index in [2.05, 4.69) is 0 Å². The molecule has 0 bridgehead atoms. The Morgan fingerprint density at radius 2 is 1.75 bits per heavy atom. The zero-order valence-corrected chi connectivity index (χ0v) is 27.2. The molecule has 4 aliphatic rings. The van der Waals surface area contributed by atoms with Crippen molar-refractivity contribution in [3.05, 3.63) is 73.5 Å². The van der Waals surface area contributed by atoms with Crippen molar-refractivity contribution in [3.63, 3.8) is 0 Å². The van der Waals surface area contributed by atoms with E-state index in [4.69, 9.17) is 15.5 Å². The predicted molar refractivity (Wildman–Crippen MR) is 174 cm³/mol. The van der Waals surface area contributed by atoms with Gasteiger partial charge in [-0.1, -0.05) is 34.1 Å². The number of aliphatic hydroxyl groups is 1. The summed E-state index contributed by atoms with van der Waals surface area (Å²) in [6.07, 6.45) is 10.2. The first kappa shape index (κ1) is 33.4. The molecule has 1 amide bonds. The number of benzene rings is 1. The number of nitrogens with zero attached hydrogens (tertiary/aromatic N) is 2. The molecule has 1 atom stereocenters. The molecule has 3 heterocycles. The van der Waals surface area contributed by atoms with Crippen molar-refractivity contribution in [2.45, 2.75) is 119 Å². The maximum Gasteiger partial charge on any atom is 0.258 e. The van der Waals surface area contributed by atoms with Gasteiger partial charge in [0.25, 0.3) is 5.56 Å². The number of aryl methyl sites for hydroxylation is 2. The van der Waals surface area contributed by atoms with Gasteiger partial charge in [0, 0.05) is 22.9 Å². The van der Waals surface area contributed by atoms with Crippen LogP contribution in [-0.2, 0) is 35.5 Å². The van der Waals surface area contributed by atoms with Gasteiger partial charge in [-0.2, -0.15) is 0 Å². The molecule has 0 spiro atoms. The largest absolute Gasteiger partial charge is 0.496 e. The fourth-order valence-electron chi connectivity index (χ4n) is 6.28. The van der Waals surface area contributed by atoms with Crippen LogP contribution in [0.25, 0.3) is 22.3 Å². The summed E-state index contributed by atoms with van der Waals surface area (Å²) in [4.78, 5) is 28.6. The zero-order valence-electron chi connectivity index (χ0n) is 27.2. The van der Waals surface area contributed by atoms with Crippen molar-refractivity contribution in [1.82, 2.24) is 9.55 Å². The number of hydrogen-bond acceptors (Lipinski definition) is 5. The van der Waals surface area contributed by atoms with Gasteiger partial charge < -0.3 is 20.1 Å². The van der Waals surface area contributed by atoms with E-state index >= 15 is 0 Å². The lowest BCUT2D eigenvalue weighted by Crippen LogP contribution is -2.28. The summed E-state index contributed by atoms with van der Waals surface area (Å²) in [5, 5.41) is 11.5. The van der Waals surface area contributed by atoms with Gasteiger partial charge in [0.05, 0.1) is 41.4 Å². The molecule has 2 saturated carbocycles. The molecular weight excluding hydrogens is 557 g/mol. The summed E-state index contributed by atoms with van der Waals surface area (Å²) >= 11 is 0. The van der Waals surface area contributed by atoms with Crippen molar-refractivity contribution >= 4 is 16.8 Å². The second kappa shape index (κ2) is 14.5. The summed E-state index contributed by atoms with van der Waals surface area (Å²) in [5.41, 5.74) is 13.2. The number of fused-ring (bicyclic) bond motifs is 4. The normalized spacial score (nSPS) is 16.3. The van der Waals surface area contributed by atoms with Crippen LogP contribution in [0.4, 0.5) is 4.39 Å². The van der Waals surface area contributed by atoms with Gasteiger partial charge in [0.2, 0.25) is 5.91 Å². The van der Waals surface area contributed by atoms with Crippen LogP contribution in [0.3, 0.4) is 0 Å². The van der Waals surface area contributed by atoms with Gasteiger partial charge in [-0.25, -0.2) is 9.37 Å². The Labute approximate surface area is 260 Å². The van der Waals surface area contributed by atoms with E-state index in [0.29, 0.717) is 34.4 Å². The Balaban J connectivity index is 0.000000347. The first-order chi connectivity index (χ1) is 21.2. The highest BCUT2D eigenvalue weighted by atomic mass is 19.1. The highest BCUT2D eigenvalue weighted by molar-refractivity contribution is 5.92. The predicted octanol–water partition coefficient (Wildman–Crippen LogP) is 7.32. The Kier molecular flexibility index (Phi) is 11.0. The molecule has 1 aliphatic heterocycles. The molecule has 238 valence electrons. The van der Waals surface area contributed by atoms with E-state index in [9.17, 15) is 19.1 Å². The quantitative estimate of drug-likeness (QED) is 0.232.